The Bertz CT molecular complexity index is 1050. The monoisotopic (exact) mass is 422 g/mol. The first-order chi connectivity index (χ1) is 14.7. The highest BCUT2D eigenvalue weighted by molar-refractivity contribution is 6.22. The van der Waals surface area contributed by atoms with Gasteiger partial charge < -0.3 is 10.1 Å². The van der Waals surface area contributed by atoms with Crippen molar-refractivity contribution in [3.8, 4) is 0 Å². The van der Waals surface area contributed by atoms with Gasteiger partial charge in [-0.05, 0) is 56.5 Å². The Morgan fingerprint density at radius 1 is 0.968 bits per heavy atom. The fourth-order valence-electron chi connectivity index (χ4n) is 3.70. The van der Waals surface area contributed by atoms with Gasteiger partial charge in [0.25, 0.3) is 17.7 Å². The predicted octanol–water partition coefficient (Wildman–Crippen LogP) is 3.80. The molecule has 2 aromatic rings. The fourth-order valence-corrected chi connectivity index (χ4v) is 3.70. The third-order valence-corrected chi connectivity index (χ3v) is 5.22. The van der Waals surface area contributed by atoms with Gasteiger partial charge in [-0.3, -0.25) is 19.3 Å². The van der Waals surface area contributed by atoms with Crippen molar-refractivity contribution < 1.29 is 23.9 Å². The molecule has 162 valence electrons. The number of ether oxygens (including phenoxy) is 1. The lowest BCUT2D eigenvalue weighted by atomic mass is 10.1. The van der Waals surface area contributed by atoms with Crippen LogP contribution < -0.4 is 5.32 Å². The molecule has 2 aromatic carbocycles. The first kappa shape index (κ1) is 22.2. The summed E-state index contributed by atoms with van der Waals surface area (Å²) in [6.07, 6.45) is 1.57. The van der Waals surface area contributed by atoms with E-state index in [4.69, 9.17) is 4.74 Å². The Balaban J connectivity index is 1.65. The number of aryl methyl sites for hydroxylation is 3. The van der Waals surface area contributed by atoms with Crippen LogP contribution in [0.15, 0.2) is 30.3 Å². The molecule has 0 saturated carbocycles. The second-order valence-electron chi connectivity index (χ2n) is 7.77. The molecule has 1 aliphatic rings. The van der Waals surface area contributed by atoms with Gasteiger partial charge in [-0.25, -0.2) is 4.79 Å². The number of esters is 1. The summed E-state index contributed by atoms with van der Waals surface area (Å²) >= 11 is 0. The van der Waals surface area contributed by atoms with E-state index in [1.807, 2.05) is 39.8 Å². The van der Waals surface area contributed by atoms with E-state index in [2.05, 4.69) is 5.32 Å². The van der Waals surface area contributed by atoms with Gasteiger partial charge in [-0.1, -0.05) is 31.0 Å². The molecule has 1 N–H and O–H groups in total. The molecule has 0 aliphatic carbocycles. The van der Waals surface area contributed by atoms with Crippen LogP contribution in [0.5, 0.6) is 0 Å². The smallest absolute Gasteiger partial charge is 0.338 e. The molecule has 0 aromatic heterocycles. The molecule has 31 heavy (non-hydrogen) atoms. The number of carbonyl (C=O) groups excluding carboxylic acids is 4. The second kappa shape index (κ2) is 9.12. The Morgan fingerprint density at radius 3 is 2.26 bits per heavy atom. The lowest BCUT2D eigenvalue weighted by Gasteiger charge is -2.13. The van der Waals surface area contributed by atoms with Crippen molar-refractivity contribution in [1.82, 2.24) is 4.90 Å². The highest BCUT2D eigenvalue weighted by Crippen LogP contribution is 2.25. The third kappa shape index (κ3) is 4.66. The topological polar surface area (TPSA) is 92.8 Å². The number of hydrogen-bond acceptors (Lipinski definition) is 5. The van der Waals surface area contributed by atoms with Crippen molar-refractivity contribution in [2.75, 3.05) is 18.5 Å². The van der Waals surface area contributed by atoms with Crippen LogP contribution in [0.3, 0.4) is 0 Å². The zero-order valence-corrected chi connectivity index (χ0v) is 18.2. The number of amides is 3. The quantitative estimate of drug-likeness (QED) is 0.541. The summed E-state index contributed by atoms with van der Waals surface area (Å²) in [6.45, 7) is 7.64. The van der Waals surface area contributed by atoms with E-state index in [0.29, 0.717) is 12.2 Å². The summed E-state index contributed by atoms with van der Waals surface area (Å²) in [4.78, 5) is 50.8. The summed E-state index contributed by atoms with van der Waals surface area (Å²) in [7, 11) is 0. The largest absolute Gasteiger partial charge is 0.452 e. The first-order valence-electron chi connectivity index (χ1n) is 10.3. The third-order valence-electron chi connectivity index (χ3n) is 5.22. The summed E-state index contributed by atoms with van der Waals surface area (Å²) in [6, 6.07) is 8.16. The zero-order chi connectivity index (χ0) is 22.7. The second-order valence-corrected chi connectivity index (χ2v) is 7.77. The van der Waals surface area contributed by atoms with Crippen molar-refractivity contribution in [1.29, 1.82) is 0 Å². The lowest BCUT2D eigenvalue weighted by molar-refractivity contribution is -0.119. The van der Waals surface area contributed by atoms with Gasteiger partial charge in [-0.15, -0.1) is 0 Å². The van der Waals surface area contributed by atoms with Crippen LogP contribution in [0.4, 0.5) is 5.69 Å². The highest BCUT2D eigenvalue weighted by Gasteiger charge is 2.35. The summed E-state index contributed by atoms with van der Waals surface area (Å²) in [5.41, 5.74) is 4.22. The fraction of sp³-hybridized carbons (Fsp3) is 0.333. The standard InChI is InChI=1S/C24H26N2O5/c1-5-6-9-26-22(28)18-8-7-17(12-19(18)23(26)29)24(30)31-13-20(27)25-21-15(3)10-14(2)11-16(21)4/h7-8,10-12H,5-6,9,13H2,1-4H3,(H,25,27). The average molecular weight is 422 g/mol. The van der Waals surface area contributed by atoms with E-state index >= 15 is 0 Å². The molecule has 0 radical (unpaired) electrons. The van der Waals surface area contributed by atoms with Gasteiger partial charge in [-0.2, -0.15) is 0 Å². The zero-order valence-electron chi connectivity index (χ0n) is 18.2. The summed E-state index contributed by atoms with van der Waals surface area (Å²) in [5.74, 6) is -1.95. The number of imide groups is 1. The molecule has 7 nitrogen and oxygen atoms in total. The molecule has 0 atom stereocenters. The maximum Gasteiger partial charge on any atom is 0.338 e. The van der Waals surface area contributed by atoms with Crippen LogP contribution in [0.1, 0.15) is 67.5 Å². The number of unbranched alkanes of at least 4 members (excludes halogenated alkanes) is 1. The number of benzene rings is 2. The van der Waals surface area contributed by atoms with Crippen LogP contribution in [0.2, 0.25) is 0 Å². The predicted molar refractivity (Wildman–Crippen MR) is 116 cm³/mol. The van der Waals surface area contributed by atoms with E-state index < -0.39 is 24.4 Å². The Labute approximate surface area is 181 Å². The molecule has 7 heteroatoms. The van der Waals surface area contributed by atoms with Gasteiger partial charge in [0.2, 0.25) is 0 Å². The molecular formula is C24H26N2O5. The van der Waals surface area contributed by atoms with Crippen molar-refractivity contribution in [3.63, 3.8) is 0 Å². The number of rotatable bonds is 7. The Morgan fingerprint density at radius 2 is 1.61 bits per heavy atom. The minimum absolute atomic E-state index is 0.118. The van der Waals surface area contributed by atoms with Crippen LogP contribution >= 0.6 is 0 Å². The number of hydrogen-bond donors (Lipinski definition) is 1. The van der Waals surface area contributed by atoms with Gasteiger partial charge in [0.05, 0.1) is 16.7 Å². The first-order valence-corrected chi connectivity index (χ1v) is 10.3. The van der Waals surface area contributed by atoms with Gasteiger partial charge in [0.1, 0.15) is 0 Å². The van der Waals surface area contributed by atoms with E-state index in [-0.39, 0.29) is 22.6 Å². The van der Waals surface area contributed by atoms with Crippen LogP contribution in [-0.2, 0) is 9.53 Å². The SMILES string of the molecule is CCCCN1C(=O)c2ccc(C(=O)OCC(=O)Nc3c(C)cc(C)cc3C)cc2C1=O. The Hall–Kier alpha value is -3.48. The molecule has 3 rings (SSSR count). The van der Waals surface area contributed by atoms with Crippen molar-refractivity contribution >= 4 is 29.4 Å². The molecule has 0 fully saturated rings. The van der Waals surface area contributed by atoms with Gasteiger partial charge in [0, 0.05) is 12.2 Å². The summed E-state index contributed by atoms with van der Waals surface area (Å²) in [5, 5.41) is 2.77. The molecule has 0 bridgehead atoms. The molecule has 0 unspecified atom stereocenters. The Kier molecular flexibility index (Phi) is 6.53. The highest BCUT2D eigenvalue weighted by atomic mass is 16.5. The number of carbonyl (C=O) groups is 4. The van der Waals surface area contributed by atoms with Crippen molar-refractivity contribution in [3.05, 3.63) is 63.7 Å². The van der Waals surface area contributed by atoms with E-state index in [0.717, 1.165) is 29.5 Å². The van der Waals surface area contributed by atoms with Crippen molar-refractivity contribution in [2.45, 2.75) is 40.5 Å². The van der Waals surface area contributed by atoms with Crippen molar-refractivity contribution in [2.24, 2.45) is 0 Å². The van der Waals surface area contributed by atoms with Gasteiger partial charge in [0.15, 0.2) is 6.61 Å². The molecule has 0 spiro atoms. The van der Waals surface area contributed by atoms with Crippen LogP contribution in [-0.4, -0.2) is 41.7 Å². The molecule has 3 amide bonds. The number of fused-ring (bicyclic) bond motifs is 1. The number of anilines is 1. The maximum absolute atomic E-state index is 12.5. The van der Waals surface area contributed by atoms with Crippen LogP contribution in [0, 0.1) is 20.8 Å². The minimum atomic E-state index is -0.734. The number of nitrogens with one attached hydrogen (secondary N) is 1. The minimum Gasteiger partial charge on any atom is -0.452 e. The van der Waals surface area contributed by atoms with Crippen LogP contribution in [0.25, 0.3) is 0 Å². The summed E-state index contributed by atoms with van der Waals surface area (Å²) < 4.78 is 5.12. The average Bonchev–Trinajstić information content (AvgIpc) is 2.96. The van der Waals surface area contributed by atoms with E-state index in [9.17, 15) is 19.2 Å². The normalized spacial score (nSPS) is 12.7. The maximum atomic E-state index is 12.5. The number of nitrogens with zero attached hydrogens (tertiary/aromatic N) is 1. The molecule has 1 heterocycles. The van der Waals surface area contributed by atoms with E-state index in [1.165, 1.54) is 23.1 Å². The van der Waals surface area contributed by atoms with E-state index in [1.54, 1.807) is 0 Å². The van der Waals surface area contributed by atoms with Gasteiger partial charge >= 0.3 is 5.97 Å². The lowest BCUT2D eigenvalue weighted by Crippen LogP contribution is -2.30. The molecule has 1 aliphatic heterocycles. The molecular weight excluding hydrogens is 396 g/mol. The molecule has 0 saturated heterocycles.